The number of para-hydroxylation sites is 1. The number of hydrogen-bond donors (Lipinski definition) is 1. The van der Waals surface area contributed by atoms with E-state index in [1.807, 2.05) is 42.5 Å². The topological polar surface area (TPSA) is 47.6 Å². The van der Waals surface area contributed by atoms with Crippen molar-refractivity contribution in [1.29, 1.82) is 0 Å². The number of rotatable bonds is 6. The van der Waals surface area contributed by atoms with Crippen LogP contribution in [0.25, 0.3) is 0 Å². The Morgan fingerprint density at radius 2 is 1.73 bits per heavy atom. The molecule has 0 radical (unpaired) electrons. The van der Waals surface area contributed by atoms with Gasteiger partial charge in [-0.05, 0) is 52.2 Å². The fourth-order valence-corrected chi connectivity index (χ4v) is 2.43. The summed E-state index contributed by atoms with van der Waals surface area (Å²) < 4.78 is 11.3. The Morgan fingerprint density at radius 1 is 1.09 bits per heavy atom. The number of amides is 1. The largest absolute Gasteiger partial charge is 0.497 e. The van der Waals surface area contributed by atoms with E-state index < -0.39 is 0 Å². The molecule has 1 N–H and O–H groups in total. The van der Waals surface area contributed by atoms with E-state index in [0.29, 0.717) is 12.8 Å². The lowest BCUT2D eigenvalue weighted by Gasteiger charge is -2.09. The molecule has 0 unspecified atom stereocenters. The van der Waals surface area contributed by atoms with Gasteiger partial charge in [0, 0.05) is 17.0 Å². The van der Waals surface area contributed by atoms with Crippen molar-refractivity contribution in [1.82, 2.24) is 0 Å². The Morgan fingerprint density at radius 3 is 2.32 bits per heavy atom. The number of nitrogens with one attached hydrogen (secondary N) is 1. The van der Waals surface area contributed by atoms with E-state index in [1.165, 1.54) is 0 Å². The summed E-state index contributed by atoms with van der Waals surface area (Å²) in [5.74, 6) is 1.41. The van der Waals surface area contributed by atoms with Crippen molar-refractivity contribution in [3.63, 3.8) is 0 Å². The van der Waals surface area contributed by atoms with Crippen LogP contribution in [-0.2, 0) is 11.2 Å². The number of halogens is 1. The first-order valence-corrected chi connectivity index (χ1v) is 7.68. The van der Waals surface area contributed by atoms with Gasteiger partial charge in [-0.15, -0.1) is 0 Å². The average Bonchev–Trinajstić information content (AvgIpc) is 2.54. The van der Waals surface area contributed by atoms with Crippen molar-refractivity contribution in [3.8, 4) is 11.5 Å². The molecule has 5 heteroatoms. The molecule has 0 atom stereocenters. The van der Waals surface area contributed by atoms with Crippen LogP contribution in [0.5, 0.6) is 11.5 Å². The Balaban J connectivity index is 1.98. The molecule has 0 saturated heterocycles. The Kier molecular flexibility index (Phi) is 5.83. The van der Waals surface area contributed by atoms with Crippen LogP contribution in [0.1, 0.15) is 12.0 Å². The van der Waals surface area contributed by atoms with Crippen molar-refractivity contribution in [2.24, 2.45) is 0 Å². The molecule has 4 nitrogen and oxygen atoms in total. The van der Waals surface area contributed by atoms with E-state index in [1.54, 1.807) is 14.2 Å². The third kappa shape index (κ3) is 4.49. The standard InChI is InChI=1S/C17H18BrNO3/c1-21-13-9-12(10-14(11-13)22-2)7-8-17(20)19-16-6-4-3-5-15(16)18/h3-6,9-11H,7-8H2,1-2H3,(H,19,20). The minimum absolute atomic E-state index is 0.0336. The van der Waals surface area contributed by atoms with Crippen LogP contribution >= 0.6 is 15.9 Å². The van der Waals surface area contributed by atoms with Crippen LogP contribution < -0.4 is 14.8 Å². The lowest BCUT2D eigenvalue weighted by Crippen LogP contribution is -2.12. The second-order valence-electron chi connectivity index (χ2n) is 4.75. The number of benzene rings is 2. The minimum atomic E-state index is -0.0336. The van der Waals surface area contributed by atoms with Gasteiger partial charge in [-0.25, -0.2) is 0 Å². The quantitative estimate of drug-likeness (QED) is 0.842. The molecule has 2 rings (SSSR count). The van der Waals surface area contributed by atoms with E-state index in [2.05, 4.69) is 21.2 Å². The molecule has 1 amide bonds. The predicted octanol–water partition coefficient (Wildman–Crippen LogP) is 4.04. The lowest BCUT2D eigenvalue weighted by atomic mass is 10.1. The van der Waals surface area contributed by atoms with Gasteiger partial charge in [-0.1, -0.05) is 12.1 Å². The number of ether oxygens (including phenoxy) is 2. The molecule has 0 saturated carbocycles. The molecule has 0 aliphatic heterocycles. The summed E-state index contributed by atoms with van der Waals surface area (Å²) in [6.45, 7) is 0. The van der Waals surface area contributed by atoms with Crippen LogP contribution in [0.15, 0.2) is 46.9 Å². The molecule has 0 aliphatic rings. The highest BCUT2D eigenvalue weighted by atomic mass is 79.9. The van der Waals surface area contributed by atoms with Gasteiger partial charge in [-0.2, -0.15) is 0 Å². The highest BCUT2D eigenvalue weighted by Gasteiger charge is 2.07. The number of aryl methyl sites for hydroxylation is 1. The number of methoxy groups -OCH3 is 2. The maximum absolute atomic E-state index is 12.1. The third-order valence-electron chi connectivity index (χ3n) is 3.20. The molecule has 0 spiro atoms. The first-order chi connectivity index (χ1) is 10.6. The molecule has 0 fully saturated rings. The zero-order valence-electron chi connectivity index (χ0n) is 12.6. The maximum Gasteiger partial charge on any atom is 0.224 e. The van der Waals surface area contributed by atoms with E-state index in [4.69, 9.17) is 9.47 Å². The van der Waals surface area contributed by atoms with E-state index in [9.17, 15) is 4.79 Å². The fourth-order valence-electron chi connectivity index (χ4n) is 2.04. The van der Waals surface area contributed by atoms with Crippen molar-refractivity contribution in [2.75, 3.05) is 19.5 Å². The molecule has 0 aliphatic carbocycles. The molecule has 0 bridgehead atoms. The smallest absolute Gasteiger partial charge is 0.224 e. The minimum Gasteiger partial charge on any atom is -0.497 e. The summed E-state index contributed by atoms with van der Waals surface area (Å²) in [6.07, 6.45) is 1.00. The van der Waals surface area contributed by atoms with Gasteiger partial charge in [0.1, 0.15) is 11.5 Å². The number of carbonyl (C=O) groups excluding carboxylic acids is 1. The molecular weight excluding hydrogens is 346 g/mol. The van der Waals surface area contributed by atoms with Gasteiger partial charge < -0.3 is 14.8 Å². The first-order valence-electron chi connectivity index (χ1n) is 6.88. The average molecular weight is 364 g/mol. The SMILES string of the molecule is COc1cc(CCC(=O)Nc2ccccc2Br)cc(OC)c1. The van der Waals surface area contributed by atoms with Crippen molar-refractivity contribution >= 4 is 27.5 Å². The van der Waals surface area contributed by atoms with E-state index >= 15 is 0 Å². The molecule has 2 aromatic rings. The zero-order chi connectivity index (χ0) is 15.9. The zero-order valence-corrected chi connectivity index (χ0v) is 14.1. The van der Waals surface area contributed by atoms with Crippen LogP contribution in [-0.4, -0.2) is 20.1 Å². The van der Waals surface area contributed by atoms with Gasteiger partial charge in [-0.3, -0.25) is 4.79 Å². The van der Waals surface area contributed by atoms with Crippen molar-refractivity contribution in [2.45, 2.75) is 12.8 Å². The molecule has 0 heterocycles. The van der Waals surface area contributed by atoms with Crippen LogP contribution in [0, 0.1) is 0 Å². The number of anilines is 1. The van der Waals surface area contributed by atoms with Crippen molar-refractivity contribution in [3.05, 3.63) is 52.5 Å². The maximum atomic E-state index is 12.1. The Hall–Kier alpha value is -2.01. The fraction of sp³-hybridized carbons (Fsp3) is 0.235. The highest BCUT2D eigenvalue weighted by molar-refractivity contribution is 9.10. The third-order valence-corrected chi connectivity index (χ3v) is 3.89. The Labute approximate surface area is 138 Å². The van der Waals surface area contributed by atoms with Crippen molar-refractivity contribution < 1.29 is 14.3 Å². The Bertz CT molecular complexity index is 636. The second kappa shape index (κ2) is 7.84. The molecular formula is C17H18BrNO3. The number of carbonyl (C=O) groups is 1. The summed E-state index contributed by atoms with van der Waals surface area (Å²) in [4.78, 5) is 12.1. The predicted molar refractivity (Wildman–Crippen MR) is 90.6 cm³/mol. The summed E-state index contributed by atoms with van der Waals surface area (Å²) in [6, 6.07) is 13.2. The normalized spacial score (nSPS) is 10.1. The monoisotopic (exact) mass is 363 g/mol. The van der Waals surface area contributed by atoms with E-state index in [0.717, 1.165) is 27.2 Å². The van der Waals surface area contributed by atoms with Crippen LogP contribution in [0.3, 0.4) is 0 Å². The molecule has 22 heavy (non-hydrogen) atoms. The summed E-state index contributed by atoms with van der Waals surface area (Å²) >= 11 is 3.41. The van der Waals surface area contributed by atoms with E-state index in [-0.39, 0.29) is 5.91 Å². The van der Waals surface area contributed by atoms with Crippen LogP contribution in [0.4, 0.5) is 5.69 Å². The van der Waals surface area contributed by atoms with Gasteiger partial charge in [0.15, 0.2) is 0 Å². The van der Waals surface area contributed by atoms with Gasteiger partial charge in [0.25, 0.3) is 0 Å². The summed E-state index contributed by atoms with van der Waals surface area (Å²) in [5, 5.41) is 2.89. The molecule has 2 aromatic carbocycles. The summed E-state index contributed by atoms with van der Waals surface area (Å²) in [5.41, 5.74) is 1.77. The summed E-state index contributed by atoms with van der Waals surface area (Å²) in [7, 11) is 3.22. The van der Waals surface area contributed by atoms with Gasteiger partial charge >= 0.3 is 0 Å². The molecule has 116 valence electrons. The van der Waals surface area contributed by atoms with Gasteiger partial charge in [0.05, 0.1) is 19.9 Å². The number of hydrogen-bond acceptors (Lipinski definition) is 3. The first kappa shape index (κ1) is 16.4. The second-order valence-corrected chi connectivity index (χ2v) is 5.60. The molecule has 0 aromatic heterocycles. The lowest BCUT2D eigenvalue weighted by molar-refractivity contribution is -0.116. The highest BCUT2D eigenvalue weighted by Crippen LogP contribution is 2.24. The van der Waals surface area contributed by atoms with Crippen LogP contribution in [0.2, 0.25) is 0 Å². The van der Waals surface area contributed by atoms with Gasteiger partial charge in [0.2, 0.25) is 5.91 Å².